The molecule has 2 aliphatic rings. The minimum Gasteiger partial charge on any atom is -0.299 e. The number of hydrogen-bond donors (Lipinski definition) is 0. The fourth-order valence-corrected chi connectivity index (χ4v) is 5.21. The first-order valence-electron chi connectivity index (χ1n) is 9.89. The molecule has 0 aromatic heterocycles. The van der Waals surface area contributed by atoms with Gasteiger partial charge in [0, 0.05) is 12.0 Å². The quantitative estimate of drug-likeness (QED) is 0.614. The van der Waals surface area contributed by atoms with Crippen molar-refractivity contribution in [3.63, 3.8) is 0 Å². The summed E-state index contributed by atoms with van der Waals surface area (Å²) in [4.78, 5) is 14.1. The van der Waals surface area contributed by atoms with Crippen molar-refractivity contribution in [3.8, 4) is 0 Å². The van der Waals surface area contributed by atoms with Crippen molar-refractivity contribution in [2.45, 2.75) is 37.3 Å². The third-order valence-corrected chi connectivity index (χ3v) is 6.70. The van der Waals surface area contributed by atoms with Crippen LogP contribution in [0, 0.1) is 4.91 Å². The molecule has 5 rings (SSSR count). The van der Waals surface area contributed by atoms with Crippen molar-refractivity contribution in [3.05, 3.63) is 88.3 Å². The Morgan fingerprint density at radius 3 is 2.48 bits per heavy atom. The Balaban J connectivity index is 1.34. The second-order valence-electron chi connectivity index (χ2n) is 8.10. The lowest BCUT2D eigenvalue weighted by Gasteiger charge is -2.41. The third kappa shape index (κ3) is 2.78. The minimum absolute atomic E-state index is 0.0434. The Morgan fingerprint density at radius 2 is 1.67 bits per heavy atom. The maximum Gasteiger partial charge on any atom is 0.106 e. The Hall–Kier alpha value is -2.52. The van der Waals surface area contributed by atoms with Gasteiger partial charge in [-0.2, -0.15) is 4.91 Å². The molecule has 0 radical (unpaired) electrons. The molecule has 1 aliphatic carbocycles. The minimum atomic E-state index is -0.0993. The third-order valence-electron chi connectivity index (χ3n) is 6.70. The van der Waals surface area contributed by atoms with Crippen LogP contribution in [0.15, 0.2) is 71.9 Å². The van der Waals surface area contributed by atoms with Crippen LogP contribution in [0.3, 0.4) is 0 Å². The largest absolute Gasteiger partial charge is 0.299 e. The highest BCUT2D eigenvalue weighted by Gasteiger charge is 2.49. The van der Waals surface area contributed by atoms with E-state index in [1.165, 1.54) is 27.5 Å². The zero-order chi connectivity index (χ0) is 18.3. The van der Waals surface area contributed by atoms with Crippen molar-refractivity contribution in [2.75, 3.05) is 13.1 Å². The second-order valence-corrected chi connectivity index (χ2v) is 8.10. The first kappa shape index (κ1) is 16.6. The first-order chi connectivity index (χ1) is 13.3. The van der Waals surface area contributed by atoms with E-state index in [-0.39, 0.29) is 11.5 Å². The van der Waals surface area contributed by atoms with Gasteiger partial charge in [-0.15, -0.1) is 0 Å². The van der Waals surface area contributed by atoms with Crippen LogP contribution in [0.5, 0.6) is 0 Å². The van der Waals surface area contributed by atoms with Gasteiger partial charge in [0.25, 0.3) is 0 Å². The van der Waals surface area contributed by atoms with Gasteiger partial charge in [-0.05, 0) is 65.9 Å². The molecule has 1 unspecified atom stereocenters. The van der Waals surface area contributed by atoms with Crippen LogP contribution in [0.25, 0.3) is 10.8 Å². The molecule has 1 fully saturated rings. The second kappa shape index (κ2) is 6.58. The topological polar surface area (TPSA) is 32.7 Å². The molecule has 0 amide bonds. The van der Waals surface area contributed by atoms with Crippen LogP contribution in [-0.2, 0) is 18.4 Å². The molecule has 1 spiro atoms. The molecular weight excluding hydrogens is 332 g/mol. The molecule has 3 nitrogen and oxygen atoms in total. The van der Waals surface area contributed by atoms with Gasteiger partial charge in [-0.25, -0.2) is 0 Å². The zero-order valence-electron chi connectivity index (χ0n) is 15.5. The van der Waals surface area contributed by atoms with E-state index in [2.05, 4.69) is 76.8 Å². The number of piperidine rings is 1. The summed E-state index contributed by atoms with van der Waals surface area (Å²) in [6.07, 6.45) is 2.85. The highest BCUT2D eigenvalue weighted by atomic mass is 16.3. The summed E-state index contributed by atoms with van der Waals surface area (Å²) in [7, 11) is 0. The van der Waals surface area contributed by atoms with E-state index in [0.29, 0.717) is 0 Å². The van der Waals surface area contributed by atoms with Gasteiger partial charge in [-0.3, -0.25) is 4.90 Å². The summed E-state index contributed by atoms with van der Waals surface area (Å²) in [5.41, 5.74) is 4.02. The monoisotopic (exact) mass is 356 g/mol. The highest BCUT2D eigenvalue weighted by Crippen LogP contribution is 2.47. The average Bonchev–Trinajstić information content (AvgIpc) is 3.03. The van der Waals surface area contributed by atoms with Crippen molar-refractivity contribution >= 4 is 10.8 Å². The Bertz CT molecular complexity index is 988. The lowest BCUT2D eigenvalue weighted by atomic mass is 9.71. The van der Waals surface area contributed by atoms with Gasteiger partial charge >= 0.3 is 0 Å². The van der Waals surface area contributed by atoms with Gasteiger partial charge < -0.3 is 0 Å². The summed E-state index contributed by atoms with van der Waals surface area (Å²) in [6.45, 7) is 3.02. The predicted octanol–water partition coefficient (Wildman–Crippen LogP) is 5.06. The molecule has 3 aromatic rings. The SMILES string of the molecule is O=NC1Cc2ccccc2C12CCN(Cc1ccc3ccccc3c1)CC2. The fraction of sp³-hybridized carbons (Fsp3) is 0.333. The first-order valence-corrected chi connectivity index (χ1v) is 9.89. The van der Waals surface area contributed by atoms with Crippen molar-refractivity contribution in [1.82, 2.24) is 4.90 Å². The number of nitrogens with zero attached hydrogens (tertiary/aromatic N) is 2. The van der Waals surface area contributed by atoms with Crippen LogP contribution < -0.4 is 0 Å². The van der Waals surface area contributed by atoms with E-state index < -0.39 is 0 Å². The van der Waals surface area contributed by atoms with E-state index in [1.54, 1.807) is 0 Å². The van der Waals surface area contributed by atoms with Crippen LogP contribution in [0.1, 0.15) is 29.5 Å². The fourth-order valence-electron chi connectivity index (χ4n) is 5.21. The van der Waals surface area contributed by atoms with Gasteiger partial charge in [-0.1, -0.05) is 65.8 Å². The lowest BCUT2D eigenvalue weighted by molar-refractivity contribution is 0.141. The van der Waals surface area contributed by atoms with Gasteiger partial charge in [0.05, 0.1) is 0 Å². The van der Waals surface area contributed by atoms with Crippen LogP contribution in [0.2, 0.25) is 0 Å². The smallest absolute Gasteiger partial charge is 0.106 e. The maximum atomic E-state index is 11.6. The molecule has 0 N–H and O–H groups in total. The van der Waals surface area contributed by atoms with E-state index in [0.717, 1.165) is 38.9 Å². The summed E-state index contributed by atoms with van der Waals surface area (Å²) < 4.78 is 0. The standard InChI is InChI=1S/C24H24N2O/c27-25-23-16-21-7-3-4-8-22(21)24(23)11-13-26(14-12-24)17-18-9-10-19-5-1-2-6-20(19)15-18/h1-10,15,23H,11-14,16-17H2. The molecule has 1 aliphatic heterocycles. The van der Waals surface area contributed by atoms with Crippen molar-refractivity contribution in [1.29, 1.82) is 0 Å². The maximum absolute atomic E-state index is 11.6. The molecule has 1 saturated heterocycles. The molecule has 3 aromatic carbocycles. The molecule has 136 valence electrons. The Morgan fingerprint density at radius 1 is 0.926 bits per heavy atom. The number of hydrogen-bond acceptors (Lipinski definition) is 3. The molecular formula is C24H24N2O. The van der Waals surface area contributed by atoms with Crippen molar-refractivity contribution in [2.24, 2.45) is 5.18 Å². The number of likely N-dealkylation sites (tertiary alicyclic amines) is 1. The molecule has 1 atom stereocenters. The zero-order valence-corrected chi connectivity index (χ0v) is 15.5. The van der Waals surface area contributed by atoms with E-state index in [4.69, 9.17) is 0 Å². The molecule has 1 heterocycles. The Kier molecular flexibility index (Phi) is 4.05. The van der Waals surface area contributed by atoms with Crippen molar-refractivity contribution < 1.29 is 0 Å². The van der Waals surface area contributed by atoms with Gasteiger partial charge in [0.15, 0.2) is 0 Å². The molecule has 3 heteroatoms. The van der Waals surface area contributed by atoms with E-state index >= 15 is 0 Å². The predicted molar refractivity (Wildman–Crippen MR) is 110 cm³/mol. The Labute approximate surface area is 160 Å². The van der Waals surface area contributed by atoms with Crippen LogP contribution in [0.4, 0.5) is 0 Å². The van der Waals surface area contributed by atoms with E-state index in [1.807, 2.05) is 0 Å². The number of fused-ring (bicyclic) bond motifs is 3. The summed E-state index contributed by atoms with van der Waals surface area (Å²) in [6, 6.07) is 23.8. The summed E-state index contributed by atoms with van der Waals surface area (Å²) in [5, 5.41) is 6.15. The normalized spacial score (nSPS) is 21.4. The number of nitroso groups, excluding NO2 is 1. The van der Waals surface area contributed by atoms with Gasteiger partial charge in [0.2, 0.25) is 0 Å². The highest BCUT2D eigenvalue weighted by molar-refractivity contribution is 5.82. The summed E-state index contributed by atoms with van der Waals surface area (Å²) >= 11 is 0. The summed E-state index contributed by atoms with van der Waals surface area (Å²) in [5.74, 6) is 0. The number of rotatable bonds is 3. The average molecular weight is 356 g/mol. The van der Waals surface area contributed by atoms with E-state index in [9.17, 15) is 4.91 Å². The van der Waals surface area contributed by atoms with Gasteiger partial charge in [0.1, 0.15) is 6.04 Å². The number of benzene rings is 3. The molecule has 27 heavy (non-hydrogen) atoms. The van der Waals surface area contributed by atoms with Crippen LogP contribution >= 0.6 is 0 Å². The molecule has 0 bridgehead atoms. The molecule has 0 saturated carbocycles. The van der Waals surface area contributed by atoms with Crippen LogP contribution in [-0.4, -0.2) is 24.0 Å². The lowest BCUT2D eigenvalue weighted by Crippen LogP contribution is -2.46.